The Balaban J connectivity index is 2.11. The number of rotatable bonds is 3. The summed E-state index contributed by atoms with van der Waals surface area (Å²) in [5, 5.41) is 12.0. The van der Waals surface area contributed by atoms with Gasteiger partial charge in [0, 0.05) is 4.47 Å². The maximum atomic E-state index is 11.9. The monoisotopic (exact) mass is 395 g/mol. The van der Waals surface area contributed by atoms with E-state index in [2.05, 4.69) is 47.4 Å². The van der Waals surface area contributed by atoms with Crippen molar-refractivity contribution in [2.24, 2.45) is 0 Å². The summed E-state index contributed by atoms with van der Waals surface area (Å²) in [6.45, 7) is 2.00. The van der Waals surface area contributed by atoms with Gasteiger partial charge < -0.3 is 0 Å². The lowest BCUT2D eigenvalue weighted by Crippen LogP contribution is -2.09. The minimum absolute atomic E-state index is 0.166. The first-order valence-electron chi connectivity index (χ1n) is 4.68. The Bertz CT molecular complexity index is 533. The van der Waals surface area contributed by atoms with E-state index in [9.17, 15) is 4.79 Å². The second kappa shape index (κ2) is 5.55. The molecule has 1 amide bonds. The maximum Gasteiger partial charge on any atom is 0.267 e. The Morgan fingerprint density at radius 2 is 2.18 bits per heavy atom. The number of carbonyl (C=O) groups is 1. The second-order valence-corrected chi connectivity index (χ2v) is 7.33. The van der Waals surface area contributed by atoms with Crippen molar-refractivity contribution in [1.29, 1.82) is 0 Å². The first-order chi connectivity index (χ1) is 8.10. The van der Waals surface area contributed by atoms with Gasteiger partial charge in [-0.1, -0.05) is 18.3 Å². The maximum absolute atomic E-state index is 11.9. The fraction of sp³-hybridized carbons (Fsp3) is 0.222. The summed E-state index contributed by atoms with van der Waals surface area (Å²) in [4.78, 5) is 12.5. The van der Waals surface area contributed by atoms with E-state index in [1.165, 1.54) is 22.7 Å². The molecule has 2 aromatic heterocycles. The summed E-state index contributed by atoms with van der Waals surface area (Å²) in [5.41, 5.74) is 0. The number of aryl methyl sites for hydroxylation is 1. The highest BCUT2D eigenvalue weighted by atomic mass is 79.9. The van der Waals surface area contributed by atoms with E-state index in [0.717, 1.165) is 19.7 Å². The summed E-state index contributed by atoms with van der Waals surface area (Å²) in [5.74, 6) is -0.166. The number of hydrogen-bond donors (Lipinski definition) is 1. The lowest BCUT2D eigenvalue weighted by molar-refractivity contribution is 0.103. The number of nitrogens with zero attached hydrogens (tertiary/aromatic N) is 2. The summed E-state index contributed by atoms with van der Waals surface area (Å²) in [6.07, 6.45) is 0.823. The van der Waals surface area contributed by atoms with Gasteiger partial charge in [-0.2, -0.15) is 0 Å². The number of anilines is 1. The number of halogens is 2. The smallest absolute Gasteiger partial charge is 0.267 e. The molecule has 1 N–H and O–H groups in total. The highest BCUT2D eigenvalue weighted by Crippen LogP contribution is 2.32. The SMILES string of the molecule is CCc1nnc(NC(=O)c2cc(Br)c(Br)s2)s1. The molecule has 0 spiro atoms. The Kier molecular flexibility index (Phi) is 4.29. The van der Waals surface area contributed by atoms with E-state index in [0.29, 0.717) is 10.0 Å². The van der Waals surface area contributed by atoms with E-state index in [1.54, 1.807) is 6.07 Å². The van der Waals surface area contributed by atoms with Gasteiger partial charge in [0.25, 0.3) is 5.91 Å². The molecule has 17 heavy (non-hydrogen) atoms. The molecule has 0 aliphatic heterocycles. The first-order valence-corrected chi connectivity index (χ1v) is 7.90. The van der Waals surface area contributed by atoms with Crippen LogP contribution in [0.25, 0.3) is 0 Å². The minimum atomic E-state index is -0.166. The van der Waals surface area contributed by atoms with E-state index in [-0.39, 0.29) is 5.91 Å². The zero-order valence-electron chi connectivity index (χ0n) is 8.66. The molecule has 8 heteroatoms. The number of aromatic nitrogens is 2. The molecule has 0 radical (unpaired) electrons. The van der Waals surface area contributed by atoms with Gasteiger partial charge in [-0.25, -0.2) is 0 Å². The van der Waals surface area contributed by atoms with Crippen molar-refractivity contribution in [3.05, 3.63) is 24.2 Å². The predicted octanol–water partition coefficient (Wildman–Crippen LogP) is 3.94. The van der Waals surface area contributed by atoms with Gasteiger partial charge in [-0.3, -0.25) is 10.1 Å². The van der Waals surface area contributed by atoms with E-state index in [1.807, 2.05) is 6.92 Å². The highest BCUT2D eigenvalue weighted by Gasteiger charge is 2.14. The largest absolute Gasteiger partial charge is 0.296 e. The zero-order valence-corrected chi connectivity index (χ0v) is 13.5. The molecule has 0 saturated carbocycles. The molecular weight excluding hydrogens is 390 g/mol. The molecule has 0 unspecified atom stereocenters. The van der Waals surface area contributed by atoms with Crippen molar-refractivity contribution in [3.8, 4) is 0 Å². The fourth-order valence-electron chi connectivity index (χ4n) is 1.06. The molecule has 2 heterocycles. The van der Waals surface area contributed by atoms with Crippen LogP contribution < -0.4 is 5.32 Å². The molecule has 4 nitrogen and oxygen atoms in total. The third-order valence-electron chi connectivity index (χ3n) is 1.86. The topological polar surface area (TPSA) is 54.9 Å². The van der Waals surface area contributed by atoms with Crippen molar-refractivity contribution >= 4 is 65.6 Å². The van der Waals surface area contributed by atoms with Crippen molar-refractivity contribution in [3.63, 3.8) is 0 Å². The van der Waals surface area contributed by atoms with Crippen molar-refractivity contribution in [1.82, 2.24) is 10.2 Å². The van der Waals surface area contributed by atoms with Crippen LogP contribution in [0.2, 0.25) is 0 Å². The average Bonchev–Trinajstić information content (AvgIpc) is 2.87. The third-order valence-corrected chi connectivity index (χ3v) is 6.10. The molecule has 0 aliphatic carbocycles. The van der Waals surface area contributed by atoms with Gasteiger partial charge >= 0.3 is 0 Å². The van der Waals surface area contributed by atoms with Crippen LogP contribution in [0.4, 0.5) is 5.13 Å². The molecule has 2 rings (SSSR count). The van der Waals surface area contributed by atoms with Gasteiger partial charge in [0.1, 0.15) is 5.01 Å². The van der Waals surface area contributed by atoms with Crippen LogP contribution in [0.1, 0.15) is 21.6 Å². The number of thiophene rings is 1. The quantitative estimate of drug-likeness (QED) is 0.854. The Hall–Kier alpha value is -0.310. The lowest BCUT2D eigenvalue weighted by atomic mass is 10.4. The predicted molar refractivity (Wildman–Crippen MR) is 77.0 cm³/mol. The van der Waals surface area contributed by atoms with Crippen LogP contribution in [-0.2, 0) is 6.42 Å². The summed E-state index contributed by atoms with van der Waals surface area (Å²) < 4.78 is 1.77. The Labute approximate surface area is 123 Å². The van der Waals surface area contributed by atoms with Gasteiger partial charge in [0.15, 0.2) is 0 Å². The van der Waals surface area contributed by atoms with E-state index >= 15 is 0 Å². The van der Waals surface area contributed by atoms with Crippen molar-refractivity contribution in [2.75, 3.05) is 5.32 Å². The lowest BCUT2D eigenvalue weighted by Gasteiger charge is -1.96. The standard InChI is InChI=1S/C9H7Br2N3OS2/c1-2-6-13-14-9(17-6)12-8(15)5-3-4(10)7(11)16-5/h3H,2H2,1H3,(H,12,14,15). The average molecular weight is 397 g/mol. The minimum Gasteiger partial charge on any atom is -0.296 e. The van der Waals surface area contributed by atoms with E-state index in [4.69, 9.17) is 0 Å². The molecule has 0 atom stereocenters. The molecule has 2 aromatic rings. The molecule has 0 aliphatic rings. The molecule has 0 aromatic carbocycles. The highest BCUT2D eigenvalue weighted by molar-refractivity contribution is 9.13. The van der Waals surface area contributed by atoms with Crippen molar-refractivity contribution < 1.29 is 4.79 Å². The van der Waals surface area contributed by atoms with Crippen LogP contribution in [0.5, 0.6) is 0 Å². The second-order valence-electron chi connectivity index (χ2n) is 3.04. The number of amides is 1. The molecule has 0 fully saturated rings. The summed E-state index contributed by atoms with van der Waals surface area (Å²) >= 11 is 9.46. The van der Waals surface area contributed by atoms with Gasteiger partial charge in [0.05, 0.1) is 8.66 Å². The number of carbonyl (C=O) groups excluding carboxylic acids is 1. The van der Waals surface area contributed by atoms with Crippen LogP contribution in [0.3, 0.4) is 0 Å². The van der Waals surface area contributed by atoms with Gasteiger partial charge in [-0.15, -0.1) is 21.5 Å². The van der Waals surface area contributed by atoms with Crippen LogP contribution in [0.15, 0.2) is 14.3 Å². The zero-order chi connectivity index (χ0) is 12.4. The fourth-order valence-corrected chi connectivity index (χ4v) is 3.67. The Morgan fingerprint density at radius 3 is 2.71 bits per heavy atom. The molecular formula is C9H7Br2N3OS2. The Morgan fingerprint density at radius 1 is 1.41 bits per heavy atom. The third kappa shape index (κ3) is 3.12. The van der Waals surface area contributed by atoms with Crippen LogP contribution >= 0.6 is 54.5 Å². The normalized spacial score (nSPS) is 10.5. The first kappa shape index (κ1) is 13.1. The van der Waals surface area contributed by atoms with E-state index < -0.39 is 0 Å². The number of nitrogens with one attached hydrogen (secondary N) is 1. The van der Waals surface area contributed by atoms with Crippen LogP contribution in [0, 0.1) is 0 Å². The molecule has 90 valence electrons. The summed E-state index contributed by atoms with van der Waals surface area (Å²) in [6, 6.07) is 1.77. The van der Waals surface area contributed by atoms with Crippen molar-refractivity contribution in [2.45, 2.75) is 13.3 Å². The van der Waals surface area contributed by atoms with Gasteiger partial charge in [0.2, 0.25) is 5.13 Å². The summed E-state index contributed by atoms with van der Waals surface area (Å²) in [7, 11) is 0. The molecule has 0 saturated heterocycles. The van der Waals surface area contributed by atoms with Gasteiger partial charge in [-0.05, 0) is 44.3 Å². The van der Waals surface area contributed by atoms with Crippen LogP contribution in [-0.4, -0.2) is 16.1 Å². The number of hydrogen-bond acceptors (Lipinski definition) is 5. The molecule has 0 bridgehead atoms.